The molecule has 0 spiro atoms. The smallest absolute Gasteiger partial charge is 0.236 e. The highest BCUT2D eigenvalue weighted by Crippen LogP contribution is 2.14. The van der Waals surface area contributed by atoms with Crippen molar-refractivity contribution < 1.29 is 9.90 Å². The van der Waals surface area contributed by atoms with Crippen LogP contribution in [0.2, 0.25) is 0 Å². The van der Waals surface area contributed by atoms with Gasteiger partial charge < -0.3 is 10.0 Å². The molecule has 0 unspecified atom stereocenters. The fourth-order valence-corrected chi connectivity index (χ4v) is 3.65. The van der Waals surface area contributed by atoms with Crippen LogP contribution in [0.4, 0.5) is 0 Å². The molecular weight excluding hydrogens is 302 g/mol. The molecule has 3 rings (SSSR count). The Morgan fingerprint density at radius 3 is 2.71 bits per heavy atom. The van der Waals surface area contributed by atoms with Gasteiger partial charge in [-0.15, -0.1) is 0 Å². The quantitative estimate of drug-likeness (QED) is 0.897. The molecular formula is C19H29N3O2. The SMILES string of the molecule is Cc1ccccc1CN1CCCN(C(=O)CN2CC[C@H](O)C2)CC1. The summed E-state index contributed by atoms with van der Waals surface area (Å²) in [6.45, 7) is 8.68. The number of hydrogen-bond acceptors (Lipinski definition) is 4. The van der Waals surface area contributed by atoms with E-state index in [1.54, 1.807) is 0 Å². The average Bonchev–Trinajstić information content (AvgIpc) is 2.83. The van der Waals surface area contributed by atoms with Gasteiger partial charge in [-0.3, -0.25) is 14.6 Å². The number of carbonyl (C=O) groups excluding carboxylic acids is 1. The maximum Gasteiger partial charge on any atom is 0.236 e. The number of carbonyl (C=O) groups is 1. The minimum atomic E-state index is -0.258. The standard InChI is InChI=1S/C19H29N3O2/c1-16-5-2-3-6-17(16)13-20-8-4-9-22(12-11-20)19(24)15-21-10-7-18(23)14-21/h2-3,5-6,18,23H,4,7-15H2,1H3/t18-/m0/s1. The average molecular weight is 331 g/mol. The zero-order valence-electron chi connectivity index (χ0n) is 14.7. The van der Waals surface area contributed by atoms with Crippen LogP contribution in [0.25, 0.3) is 0 Å². The Hall–Kier alpha value is -1.43. The Morgan fingerprint density at radius 1 is 1.12 bits per heavy atom. The normalized spacial score (nSPS) is 23.4. The van der Waals surface area contributed by atoms with Crippen molar-refractivity contribution in [2.24, 2.45) is 0 Å². The molecule has 24 heavy (non-hydrogen) atoms. The molecule has 2 aliphatic heterocycles. The van der Waals surface area contributed by atoms with Gasteiger partial charge in [0.1, 0.15) is 0 Å². The molecule has 0 bridgehead atoms. The Morgan fingerprint density at radius 2 is 1.96 bits per heavy atom. The van der Waals surface area contributed by atoms with E-state index in [1.807, 2.05) is 4.90 Å². The van der Waals surface area contributed by atoms with Crippen molar-refractivity contribution in [3.63, 3.8) is 0 Å². The predicted molar refractivity (Wildman–Crippen MR) is 94.7 cm³/mol. The van der Waals surface area contributed by atoms with Gasteiger partial charge in [-0.05, 0) is 30.9 Å². The summed E-state index contributed by atoms with van der Waals surface area (Å²) in [6.07, 6.45) is 1.56. The van der Waals surface area contributed by atoms with Crippen LogP contribution in [0, 0.1) is 6.92 Å². The monoisotopic (exact) mass is 331 g/mol. The van der Waals surface area contributed by atoms with E-state index in [1.165, 1.54) is 11.1 Å². The molecule has 1 aromatic carbocycles. The topological polar surface area (TPSA) is 47.0 Å². The van der Waals surface area contributed by atoms with Crippen molar-refractivity contribution in [3.05, 3.63) is 35.4 Å². The summed E-state index contributed by atoms with van der Waals surface area (Å²) < 4.78 is 0. The van der Waals surface area contributed by atoms with E-state index < -0.39 is 0 Å². The lowest BCUT2D eigenvalue weighted by atomic mass is 10.1. The number of likely N-dealkylation sites (tertiary alicyclic amines) is 1. The number of aryl methyl sites for hydroxylation is 1. The zero-order valence-corrected chi connectivity index (χ0v) is 14.7. The van der Waals surface area contributed by atoms with Gasteiger partial charge in [0.15, 0.2) is 0 Å². The van der Waals surface area contributed by atoms with Gasteiger partial charge in [0, 0.05) is 45.8 Å². The molecule has 2 saturated heterocycles. The van der Waals surface area contributed by atoms with E-state index in [4.69, 9.17) is 0 Å². The first kappa shape index (κ1) is 17.4. The molecule has 1 amide bonds. The van der Waals surface area contributed by atoms with E-state index in [0.29, 0.717) is 13.1 Å². The Balaban J connectivity index is 1.49. The van der Waals surface area contributed by atoms with E-state index in [-0.39, 0.29) is 12.0 Å². The number of benzene rings is 1. The molecule has 1 aromatic rings. The highest BCUT2D eigenvalue weighted by atomic mass is 16.3. The molecule has 5 heteroatoms. The minimum Gasteiger partial charge on any atom is -0.392 e. The maximum absolute atomic E-state index is 12.5. The highest BCUT2D eigenvalue weighted by molar-refractivity contribution is 5.78. The molecule has 2 aliphatic rings. The number of hydrogen-bond donors (Lipinski definition) is 1. The summed E-state index contributed by atoms with van der Waals surface area (Å²) in [5.74, 6) is 0.210. The molecule has 1 N–H and O–H groups in total. The zero-order chi connectivity index (χ0) is 16.9. The molecule has 0 radical (unpaired) electrons. The Bertz CT molecular complexity index is 563. The van der Waals surface area contributed by atoms with Gasteiger partial charge in [0.25, 0.3) is 0 Å². The molecule has 0 aromatic heterocycles. The third-order valence-corrected chi connectivity index (χ3v) is 5.20. The van der Waals surface area contributed by atoms with Gasteiger partial charge in [-0.1, -0.05) is 24.3 Å². The molecule has 2 fully saturated rings. The summed E-state index contributed by atoms with van der Waals surface area (Å²) in [4.78, 5) is 19.0. The van der Waals surface area contributed by atoms with Crippen LogP contribution in [0.1, 0.15) is 24.0 Å². The number of nitrogens with zero attached hydrogens (tertiary/aromatic N) is 3. The molecule has 132 valence electrons. The third-order valence-electron chi connectivity index (χ3n) is 5.20. The van der Waals surface area contributed by atoms with Gasteiger partial charge in [0.2, 0.25) is 5.91 Å². The van der Waals surface area contributed by atoms with Gasteiger partial charge in [0.05, 0.1) is 12.6 Å². The summed E-state index contributed by atoms with van der Waals surface area (Å²) in [5.41, 5.74) is 2.71. The van der Waals surface area contributed by atoms with Crippen LogP contribution in [-0.2, 0) is 11.3 Å². The van der Waals surface area contributed by atoms with E-state index in [0.717, 1.165) is 52.1 Å². The van der Waals surface area contributed by atoms with Crippen LogP contribution in [0.3, 0.4) is 0 Å². The lowest BCUT2D eigenvalue weighted by Crippen LogP contribution is -2.41. The van der Waals surface area contributed by atoms with Crippen molar-refractivity contribution in [2.45, 2.75) is 32.4 Å². The number of aliphatic hydroxyl groups is 1. The number of β-amino-alcohol motifs (C(OH)–C–C–N with tert-alkyl or cyclic N) is 1. The first-order valence-electron chi connectivity index (χ1n) is 9.07. The minimum absolute atomic E-state index is 0.210. The highest BCUT2D eigenvalue weighted by Gasteiger charge is 2.25. The summed E-state index contributed by atoms with van der Waals surface area (Å²) in [6, 6.07) is 8.53. The predicted octanol–water partition coefficient (Wildman–Crippen LogP) is 1.10. The van der Waals surface area contributed by atoms with Crippen molar-refractivity contribution in [1.29, 1.82) is 0 Å². The summed E-state index contributed by atoms with van der Waals surface area (Å²) in [5, 5.41) is 9.59. The van der Waals surface area contributed by atoms with E-state index >= 15 is 0 Å². The number of rotatable bonds is 4. The van der Waals surface area contributed by atoms with Crippen LogP contribution >= 0.6 is 0 Å². The lowest BCUT2D eigenvalue weighted by molar-refractivity contribution is -0.132. The fraction of sp³-hybridized carbons (Fsp3) is 0.632. The van der Waals surface area contributed by atoms with Gasteiger partial charge in [-0.25, -0.2) is 0 Å². The van der Waals surface area contributed by atoms with Crippen molar-refractivity contribution >= 4 is 5.91 Å². The second-order valence-electron chi connectivity index (χ2n) is 7.11. The van der Waals surface area contributed by atoms with Crippen molar-refractivity contribution in [3.8, 4) is 0 Å². The first-order valence-corrected chi connectivity index (χ1v) is 9.07. The summed E-state index contributed by atoms with van der Waals surface area (Å²) >= 11 is 0. The molecule has 0 saturated carbocycles. The molecule has 0 aliphatic carbocycles. The maximum atomic E-state index is 12.5. The largest absolute Gasteiger partial charge is 0.392 e. The molecule has 1 atom stereocenters. The third kappa shape index (κ3) is 4.56. The van der Waals surface area contributed by atoms with E-state index in [9.17, 15) is 9.90 Å². The van der Waals surface area contributed by atoms with Crippen molar-refractivity contribution in [1.82, 2.24) is 14.7 Å². The molecule has 5 nitrogen and oxygen atoms in total. The first-order chi connectivity index (χ1) is 11.6. The summed E-state index contributed by atoms with van der Waals surface area (Å²) in [7, 11) is 0. The second kappa shape index (κ2) is 8.10. The second-order valence-corrected chi connectivity index (χ2v) is 7.11. The Labute approximate surface area is 144 Å². The lowest BCUT2D eigenvalue weighted by Gasteiger charge is -2.24. The van der Waals surface area contributed by atoms with Crippen LogP contribution in [0.5, 0.6) is 0 Å². The van der Waals surface area contributed by atoms with Crippen LogP contribution in [-0.4, -0.2) is 77.6 Å². The molecule has 2 heterocycles. The van der Waals surface area contributed by atoms with Crippen molar-refractivity contribution in [2.75, 3.05) is 45.8 Å². The van der Waals surface area contributed by atoms with Crippen LogP contribution in [0.15, 0.2) is 24.3 Å². The van der Waals surface area contributed by atoms with E-state index in [2.05, 4.69) is 41.0 Å². The Kier molecular flexibility index (Phi) is 5.87. The fourth-order valence-electron chi connectivity index (χ4n) is 3.65. The number of aliphatic hydroxyl groups excluding tert-OH is 1. The van der Waals surface area contributed by atoms with Gasteiger partial charge in [-0.2, -0.15) is 0 Å². The van der Waals surface area contributed by atoms with Crippen LogP contribution < -0.4 is 0 Å². The number of amides is 1. The van der Waals surface area contributed by atoms with Gasteiger partial charge >= 0.3 is 0 Å².